The molecule has 1 aromatic carbocycles. The number of nitrogens with one attached hydrogen (secondary N) is 1. The van der Waals surface area contributed by atoms with Gasteiger partial charge < -0.3 is 10.1 Å². The largest absolute Gasteiger partial charge is 0.374 e. The summed E-state index contributed by atoms with van der Waals surface area (Å²) in [6, 6.07) is 11.2. The van der Waals surface area contributed by atoms with Gasteiger partial charge in [-0.25, -0.2) is 0 Å². The quantitative estimate of drug-likeness (QED) is 0.827. The van der Waals surface area contributed by atoms with Crippen LogP contribution in [0.25, 0.3) is 0 Å². The Morgan fingerprint density at radius 1 is 1.35 bits per heavy atom. The van der Waals surface area contributed by atoms with E-state index in [0.29, 0.717) is 12.1 Å². The second-order valence-corrected chi connectivity index (χ2v) is 5.58. The summed E-state index contributed by atoms with van der Waals surface area (Å²) < 4.78 is 5.96. The van der Waals surface area contributed by atoms with Crippen LogP contribution < -0.4 is 5.32 Å². The molecule has 2 atom stereocenters. The molecule has 1 saturated heterocycles. The lowest BCUT2D eigenvalue weighted by Crippen LogP contribution is -2.51. The first-order valence-electron chi connectivity index (χ1n) is 7.88. The first kappa shape index (κ1) is 15.5. The Kier molecular flexibility index (Phi) is 6.51. The van der Waals surface area contributed by atoms with Crippen LogP contribution >= 0.6 is 0 Å². The van der Waals surface area contributed by atoms with E-state index in [-0.39, 0.29) is 0 Å². The van der Waals surface area contributed by atoms with Crippen molar-refractivity contribution in [3.8, 4) is 0 Å². The van der Waals surface area contributed by atoms with Gasteiger partial charge in [-0.3, -0.25) is 4.90 Å². The van der Waals surface area contributed by atoms with Crippen molar-refractivity contribution in [1.29, 1.82) is 0 Å². The third kappa shape index (κ3) is 4.58. The first-order chi connectivity index (χ1) is 9.83. The van der Waals surface area contributed by atoms with Gasteiger partial charge in [0.1, 0.15) is 0 Å². The highest BCUT2D eigenvalue weighted by molar-refractivity contribution is 5.14. The van der Waals surface area contributed by atoms with Crippen molar-refractivity contribution in [2.24, 2.45) is 0 Å². The van der Waals surface area contributed by atoms with E-state index in [1.54, 1.807) is 0 Å². The van der Waals surface area contributed by atoms with Gasteiger partial charge in [-0.15, -0.1) is 0 Å². The van der Waals surface area contributed by atoms with Crippen LogP contribution in [-0.4, -0.2) is 50.3 Å². The highest BCUT2D eigenvalue weighted by atomic mass is 16.5. The molecule has 2 unspecified atom stereocenters. The second kappa shape index (κ2) is 8.40. The predicted octanol–water partition coefficient (Wildman–Crippen LogP) is 2.32. The fourth-order valence-electron chi connectivity index (χ4n) is 2.95. The zero-order valence-electron chi connectivity index (χ0n) is 12.8. The Morgan fingerprint density at radius 2 is 2.15 bits per heavy atom. The van der Waals surface area contributed by atoms with Gasteiger partial charge in [0.05, 0.1) is 12.7 Å². The average molecular weight is 276 g/mol. The average Bonchev–Trinajstić information content (AvgIpc) is 2.52. The third-order valence-electron chi connectivity index (χ3n) is 4.27. The molecule has 0 saturated carbocycles. The molecule has 3 heteroatoms. The number of hydrogen-bond donors (Lipinski definition) is 1. The van der Waals surface area contributed by atoms with Crippen molar-refractivity contribution in [2.45, 2.75) is 38.3 Å². The summed E-state index contributed by atoms with van der Waals surface area (Å²) in [6.45, 7) is 6.36. The van der Waals surface area contributed by atoms with Crippen LogP contribution in [0.15, 0.2) is 30.3 Å². The molecule has 0 bridgehead atoms. The molecule has 3 nitrogen and oxygen atoms in total. The number of ether oxygens (including phenoxy) is 1. The minimum atomic E-state index is 0.337. The van der Waals surface area contributed by atoms with Crippen molar-refractivity contribution in [3.63, 3.8) is 0 Å². The zero-order valence-corrected chi connectivity index (χ0v) is 12.8. The lowest BCUT2D eigenvalue weighted by atomic mass is 10.00. The molecule has 1 aliphatic rings. The Morgan fingerprint density at radius 3 is 2.85 bits per heavy atom. The highest BCUT2D eigenvalue weighted by Crippen LogP contribution is 2.14. The van der Waals surface area contributed by atoms with Gasteiger partial charge in [-0.1, -0.05) is 37.3 Å². The van der Waals surface area contributed by atoms with Gasteiger partial charge in [0, 0.05) is 19.1 Å². The predicted molar refractivity (Wildman–Crippen MR) is 84.1 cm³/mol. The van der Waals surface area contributed by atoms with E-state index in [2.05, 4.69) is 54.5 Å². The number of hydrogen-bond acceptors (Lipinski definition) is 3. The highest BCUT2D eigenvalue weighted by Gasteiger charge is 2.26. The molecule has 1 aliphatic heterocycles. The molecule has 0 aliphatic carbocycles. The minimum absolute atomic E-state index is 0.337. The molecule has 0 spiro atoms. The van der Waals surface area contributed by atoms with E-state index in [1.165, 1.54) is 18.4 Å². The second-order valence-electron chi connectivity index (χ2n) is 5.58. The summed E-state index contributed by atoms with van der Waals surface area (Å²) in [4.78, 5) is 2.48. The van der Waals surface area contributed by atoms with E-state index < -0.39 is 0 Å². The van der Waals surface area contributed by atoms with Crippen LogP contribution in [0.5, 0.6) is 0 Å². The van der Waals surface area contributed by atoms with E-state index in [1.807, 2.05) is 0 Å². The van der Waals surface area contributed by atoms with Crippen LogP contribution in [0.3, 0.4) is 0 Å². The van der Waals surface area contributed by atoms with Crippen LogP contribution in [0.4, 0.5) is 0 Å². The van der Waals surface area contributed by atoms with Gasteiger partial charge in [0.25, 0.3) is 0 Å². The molecule has 1 fully saturated rings. The topological polar surface area (TPSA) is 24.5 Å². The number of aryl methyl sites for hydroxylation is 1. The fraction of sp³-hybridized carbons (Fsp3) is 0.647. The lowest BCUT2D eigenvalue weighted by molar-refractivity contribution is -0.0452. The zero-order chi connectivity index (χ0) is 14.2. The number of morpholine rings is 1. The Balaban J connectivity index is 1.77. The van der Waals surface area contributed by atoms with Crippen LogP contribution in [-0.2, 0) is 11.2 Å². The molecule has 20 heavy (non-hydrogen) atoms. The van der Waals surface area contributed by atoms with Crippen molar-refractivity contribution in [3.05, 3.63) is 35.9 Å². The van der Waals surface area contributed by atoms with Crippen LogP contribution in [0.1, 0.15) is 25.3 Å². The Bertz CT molecular complexity index is 369. The summed E-state index contributed by atoms with van der Waals surface area (Å²) in [7, 11) is 2.06. The van der Waals surface area contributed by atoms with Gasteiger partial charge in [0.2, 0.25) is 0 Å². The van der Waals surface area contributed by atoms with Crippen molar-refractivity contribution >= 4 is 0 Å². The fourth-order valence-corrected chi connectivity index (χ4v) is 2.95. The maximum atomic E-state index is 5.96. The summed E-state index contributed by atoms with van der Waals surface area (Å²) in [5.41, 5.74) is 1.43. The van der Waals surface area contributed by atoms with Crippen molar-refractivity contribution < 1.29 is 4.74 Å². The summed E-state index contributed by atoms with van der Waals surface area (Å²) in [5, 5.41) is 3.45. The Hall–Kier alpha value is -0.900. The van der Waals surface area contributed by atoms with Gasteiger partial charge >= 0.3 is 0 Å². The van der Waals surface area contributed by atoms with Gasteiger partial charge in [-0.2, -0.15) is 0 Å². The lowest BCUT2D eigenvalue weighted by Gasteiger charge is -2.36. The molecule has 1 heterocycles. The maximum absolute atomic E-state index is 5.96. The SMILES string of the molecule is CCN1CCOC(C(CCCc2ccccc2)NC)C1. The minimum Gasteiger partial charge on any atom is -0.374 e. The normalized spacial score (nSPS) is 21.8. The molecule has 0 amide bonds. The molecular formula is C17H28N2O. The Labute approximate surface area is 123 Å². The molecule has 1 aromatic rings. The summed E-state index contributed by atoms with van der Waals surface area (Å²) >= 11 is 0. The molecule has 1 N–H and O–H groups in total. The molecule has 2 rings (SSSR count). The monoisotopic (exact) mass is 276 g/mol. The van der Waals surface area contributed by atoms with Crippen molar-refractivity contribution in [1.82, 2.24) is 10.2 Å². The molecule has 112 valence electrons. The van der Waals surface area contributed by atoms with E-state index in [4.69, 9.17) is 4.74 Å². The number of nitrogens with zero attached hydrogens (tertiary/aromatic N) is 1. The summed E-state index contributed by atoms with van der Waals surface area (Å²) in [6.07, 6.45) is 3.88. The number of likely N-dealkylation sites (N-methyl/N-ethyl adjacent to an activating group) is 2. The molecule has 0 aromatic heterocycles. The van der Waals surface area contributed by atoms with Crippen LogP contribution in [0, 0.1) is 0 Å². The van der Waals surface area contributed by atoms with E-state index in [0.717, 1.165) is 32.7 Å². The van der Waals surface area contributed by atoms with Gasteiger partial charge in [0.15, 0.2) is 0 Å². The number of rotatable bonds is 7. The smallest absolute Gasteiger partial charge is 0.0855 e. The molecular weight excluding hydrogens is 248 g/mol. The van der Waals surface area contributed by atoms with E-state index in [9.17, 15) is 0 Å². The van der Waals surface area contributed by atoms with Gasteiger partial charge in [-0.05, 0) is 38.4 Å². The molecule has 0 radical (unpaired) electrons. The van der Waals surface area contributed by atoms with Crippen molar-refractivity contribution in [2.75, 3.05) is 33.3 Å². The number of benzene rings is 1. The summed E-state index contributed by atoms with van der Waals surface area (Å²) in [5.74, 6) is 0. The first-order valence-corrected chi connectivity index (χ1v) is 7.88. The van der Waals surface area contributed by atoms with Crippen LogP contribution in [0.2, 0.25) is 0 Å². The maximum Gasteiger partial charge on any atom is 0.0855 e. The third-order valence-corrected chi connectivity index (χ3v) is 4.27. The van der Waals surface area contributed by atoms with E-state index >= 15 is 0 Å². The standard InChI is InChI=1S/C17H28N2O/c1-3-19-12-13-20-17(14-19)16(18-2)11-7-10-15-8-5-4-6-9-15/h4-6,8-9,16-18H,3,7,10-14H2,1-2H3.